The van der Waals surface area contributed by atoms with E-state index in [1.807, 2.05) is 22.8 Å². The van der Waals surface area contributed by atoms with Gasteiger partial charge in [-0.05, 0) is 31.2 Å². The van der Waals surface area contributed by atoms with E-state index in [4.69, 9.17) is 12.2 Å². The smallest absolute Gasteiger partial charge is 0.298 e. The summed E-state index contributed by atoms with van der Waals surface area (Å²) >= 11 is 5.23. The molecule has 1 aromatic carbocycles. The van der Waals surface area contributed by atoms with Gasteiger partial charge in [0.2, 0.25) is 0 Å². The molecule has 0 unspecified atom stereocenters. The van der Waals surface area contributed by atoms with Crippen LogP contribution in [0.25, 0.3) is 0 Å². The van der Waals surface area contributed by atoms with Crippen LogP contribution in [0.2, 0.25) is 0 Å². The summed E-state index contributed by atoms with van der Waals surface area (Å²) in [6.45, 7) is 0.720. The molecule has 0 amide bonds. The number of fused-ring (bicyclic) bond motifs is 1. The number of nitrogens with zero attached hydrogens (tertiary/aromatic N) is 1. The number of aromatic amines is 1. The van der Waals surface area contributed by atoms with Gasteiger partial charge in [-0.1, -0.05) is 42.5 Å². The molecule has 0 bridgehead atoms. The van der Waals surface area contributed by atoms with Gasteiger partial charge in [0.1, 0.15) is 4.64 Å². The van der Waals surface area contributed by atoms with Crippen LogP contribution in [0.15, 0.2) is 35.1 Å². The molecule has 1 aliphatic carbocycles. The molecule has 0 atom stereocenters. The first kappa shape index (κ1) is 12.4. The maximum atomic E-state index is 12.1. The molecule has 1 aliphatic rings. The number of hydrogen-bond donors (Lipinski definition) is 1. The van der Waals surface area contributed by atoms with Crippen molar-refractivity contribution in [1.82, 2.24) is 9.55 Å². The number of rotatable bonds is 3. The molecule has 0 saturated carbocycles. The maximum Gasteiger partial charge on any atom is 0.326 e. The molecule has 1 aromatic heterocycles. The maximum absolute atomic E-state index is 12.1. The molecule has 19 heavy (non-hydrogen) atoms. The van der Waals surface area contributed by atoms with Crippen LogP contribution in [0, 0.1) is 4.64 Å². The number of aromatic nitrogens is 2. The van der Waals surface area contributed by atoms with Crippen molar-refractivity contribution in [3.8, 4) is 0 Å². The molecule has 98 valence electrons. The van der Waals surface area contributed by atoms with Gasteiger partial charge in [-0.2, -0.15) is 0 Å². The summed E-state index contributed by atoms with van der Waals surface area (Å²) in [4.78, 5) is 14.9. The molecule has 4 heteroatoms. The van der Waals surface area contributed by atoms with E-state index in [-0.39, 0.29) is 5.69 Å². The first-order valence-electron chi connectivity index (χ1n) is 6.64. The van der Waals surface area contributed by atoms with Gasteiger partial charge in [-0.15, -0.1) is 0 Å². The van der Waals surface area contributed by atoms with Gasteiger partial charge >= 0.3 is 5.69 Å². The summed E-state index contributed by atoms with van der Waals surface area (Å²) in [6.07, 6.45) is 3.94. The SMILES string of the molecule is O=c1[nH]c(=S)c2c(n1CCc1ccccc1)CCC2. The lowest BCUT2D eigenvalue weighted by molar-refractivity contribution is 0.616. The molecular weight excluding hydrogens is 256 g/mol. The molecule has 0 radical (unpaired) electrons. The molecule has 2 aromatic rings. The Hall–Kier alpha value is -1.68. The van der Waals surface area contributed by atoms with Gasteiger partial charge < -0.3 is 0 Å². The lowest BCUT2D eigenvalue weighted by Gasteiger charge is -2.11. The zero-order valence-electron chi connectivity index (χ0n) is 10.7. The lowest BCUT2D eigenvalue weighted by Crippen LogP contribution is -2.27. The zero-order chi connectivity index (χ0) is 13.2. The zero-order valence-corrected chi connectivity index (χ0v) is 11.5. The average Bonchev–Trinajstić information content (AvgIpc) is 2.89. The highest BCUT2D eigenvalue weighted by Crippen LogP contribution is 2.20. The van der Waals surface area contributed by atoms with Crippen LogP contribution in [0.1, 0.15) is 23.2 Å². The van der Waals surface area contributed by atoms with Crippen LogP contribution >= 0.6 is 12.2 Å². The predicted molar refractivity (Wildman–Crippen MR) is 78.1 cm³/mol. The first-order chi connectivity index (χ1) is 9.25. The minimum Gasteiger partial charge on any atom is -0.298 e. The summed E-state index contributed by atoms with van der Waals surface area (Å²) < 4.78 is 2.50. The Morgan fingerprint density at radius 3 is 2.79 bits per heavy atom. The Labute approximate surface area is 116 Å². The number of hydrogen-bond acceptors (Lipinski definition) is 2. The van der Waals surface area contributed by atoms with E-state index >= 15 is 0 Å². The van der Waals surface area contributed by atoms with Crippen molar-refractivity contribution in [2.75, 3.05) is 0 Å². The van der Waals surface area contributed by atoms with Crippen molar-refractivity contribution >= 4 is 12.2 Å². The Kier molecular flexibility index (Phi) is 3.34. The fraction of sp³-hybridized carbons (Fsp3) is 0.333. The first-order valence-corrected chi connectivity index (χ1v) is 7.05. The highest BCUT2D eigenvalue weighted by Gasteiger charge is 2.17. The fourth-order valence-corrected chi connectivity index (χ4v) is 3.06. The van der Waals surface area contributed by atoms with E-state index in [1.165, 1.54) is 11.1 Å². The monoisotopic (exact) mass is 272 g/mol. The molecule has 3 rings (SSSR count). The summed E-state index contributed by atoms with van der Waals surface area (Å²) in [5, 5.41) is 0. The predicted octanol–water partition coefficient (Wildman–Crippen LogP) is 2.64. The standard InChI is InChI=1S/C15H16N2OS/c18-15-16-14(19)12-7-4-8-13(12)17(15)10-9-11-5-2-1-3-6-11/h1-3,5-6H,4,7-10H2,(H,16,18,19). The van der Waals surface area contributed by atoms with Crippen LogP contribution in [0.5, 0.6) is 0 Å². The van der Waals surface area contributed by atoms with Crippen LogP contribution in [0.4, 0.5) is 0 Å². The van der Waals surface area contributed by atoms with E-state index in [1.54, 1.807) is 0 Å². The van der Waals surface area contributed by atoms with Gasteiger partial charge in [0.15, 0.2) is 0 Å². The number of H-pyrrole nitrogens is 1. The topological polar surface area (TPSA) is 37.8 Å². The highest BCUT2D eigenvalue weighted by atomic mass is 32.1. The average molecular weight is 272 g/mol. The number of benzene rings is 1. The normalized spacial score (nSPS) is 13.5. The van der Waals surface area contributed by atoms with Gasteiger partial charge in [-0.3, -0.25) is 9.55 Å². The molecule has 3 nitrogen and oxygen atoms in total. The lowest BCUT2D eigenvalue weighted by atomic mass is 10.1. The third kappa shape index (κ3) is 2.40. The van der Waals surface area contributed by atoms with Crippen LogP contribution in [-0.4, -0.2) is 9.55 Å². The quantitative estimate of drug-likeness (QED) is 0.872. The second-order valence-electron chi connectivity index (χ2n) is 4.93. The van der Waals surface area contributed by atoms with E-state index in [0.29, 0.717) is 4.64 Å². The Balaban J connectivity index is 1.92. The van der Waals surface area contributed by atoms with Crippen LogP contribution in [0.3, 0.4) is 0 Å². The third-order valence-electron chi connectivity index (χ3n) is 3.72. The van der Waals surface area contributed by atoms with Gasteiger partial charge in [-0.25, -0.2) is 4.79 Å². The Morgan fingerprint density at radius 2 is 2.00 bits per heavy atom. The molecule has 1 heterocycles. The van der Waals surface area contributed by atoms with Crippen molar-refractivity contribution < 1.29 is 0 Å². The second-order valence-corrected chi connectivity index (χ2v) is 5.33. The summed E-state index contributed by atoms with van der Waals surface area (Å²) in [6, 6.07) is 10.3. The van der Waals surface area contributed by atoms with E-state index in [2.05, 4.69) is 17.1 Å². The Morgan fingerprint density at radius 1 is 1.21 bits per heavy atom. The summed E-state index contributed by atoms with van der Waals surface area (Å²) in [5.74, 6) is 0. The molecule has 0 aliphatic heterocycles. The van der Waals surface area contributed by atoms with E-state index < -0.39 is 0 Å². The van der Waals surface area contributed by atoms with Gasteiger partial charge in [0, 0.05) is 17.8 Å². The van der Waals surface area contributed by atoms with Gasteiger partial charge in [0.25, 0.3) is 0 Å². The summed E-state index contributed by atoms with van der Waals surface area (Å²) in [5.41, 5.74) is 3.50. The van der Waals surface area contributed by atoms with Crippen molar-refractivity contribution in [1.29, 1.82) is 0 Å². The third-order valence-corrected chi connectivity index (χ3v) is 4.07. The van der Waals surface area contributed by atoms with Gasteiger partial charge in [0.05, 0.1) is 0 Å². The highest BCUT2D eigenvalue weighted by molar-refractivity contribution is 7.71. The molecule has 1 N–H and O–H groups in total. The molecule has 0 fully saturated rings. The largest absolute Gasteiger partial charge is 0.326 e. The van der Waals surface area contributed by atoms with E-state index in [9.17, 15) is 4.79 Å². The van der Waals surface area contributed by atoms with Crippen LogP contribution in [-0.2, 0) is 25.8 Å². The number of nitrogens with one attached hydrogen (secondary N) is 1. The Bertz CT molecular complexity index is 700. The van der Waals surface area contributed by atoms with Crippen LogP contribution < -0.4 is 5.69 Å². The second kappa shape index (κ2) is 5.13. The fourth-order valence-electron chi connectivity index (χ4n) is 2.75. The molecular formula is C15H16N2OS. The molecule has 0 saturated heterocycles. The number of aryl methyl sites for hydroxylation is 1. The van der Waals surface area contributed by atoms with Crippen molar-refractivity contribution in [3.05, 3.63) is 62.3 Å². The van der Waals surface area contributed by atoms with Crippen molar-refractivity contribution in [3.63, 3.8) is 0 Å². The van der Waals surface area contributed by atoms with Crippen molar-refractivity contribution in [2.45, 2.75) is 32.2 Å². The summed E-state index contributed by atoms with van der Waals surface area (Å²) in [7, 11) is 0. The van der Waals surface area contributed by atoms with Crippen molar-refractivity contribution in [2.24, 2.45) is 0 Å². The van der Waals surface area contributed by atoms with E-state index in [0.717, 1.165) is 37.9 Å². The molecule has 0 spiro atoms. The minimum absolute atomic E-state index is 0.0680. The minimum atomic E-state index is -0.0680.